The molecule has 0 amide bonds. The van der Waals surface area contributed by atoms with E-state index in [9.17, 15) is 19.8 Å². The maximum Gasteiger partial charge on any atom is 0.365 e. The molecule has 4 rings (SSSR count). The number of fused-ring (bicyclic) bond motifs is 1. The quantitative estimate of drug-likeness (QED) is 0.667. The highest BCUT2D eigenvalue weighted by Gasteiger charge is 2.49. The normalized spacial score (nSPS) is 20.3. The Kier molecular flexibility index (Phi) is 2.99. The Bertz CT molecular complexity index is 1190. The number of hydrogen-bond donors (Lipinski definition) is 3. The molecule has 2 aromatic rings. The van der Waals surface area contributed by atoms with Gasteiger partial charge in [-0.05, 0) is 25.5 Å². The van der Waals surface area contributed by atoms with E-state index in [1.807, 2.05) is 20.8 Å². The first kappa shape index (κ1) is 16.4. The largest absolute Gasteiger partial charge is 0.505 e. The van der Waals surface area contributed by atoms with E-state index < -0.39 is 27.9 Å². The minimum absolute atomic E-state index is 0.0873. The zero-order valence-electron chi connectivity index (χ0n) is 14.7. The van der Waals surface area contributed by atoms with Crippen LogP contribution in [0.1, 0.15) is 42.3 Å². The van der Waals surface area contributed by atoms with Crippen molar-refractivity contribution in [1.82, 2.24) is 0 Å². The number of rotatable bonds is 0. The summed E-state index contributed by atoms with van der Waals surface area (Å²) in [5.41, 5.74) is -0.793. The van der Waals surface area contributed by atoms with Crippen LogP contribution in [0, 0.1) is 17.7 Å². The molecule has 1 aromatic heterocycles. The number of phenolic OH excluding ortho intramolecular Hbond substituents is 1. The predicted molar refractivity (Wildman–Crippen MR) is 92.0 cm³/mol. The second kappa shape index (κ2) is 4.75. The van der Waals surface area contributed by atoms with Crippen molar-refractivity contribution in [2.45, 2.75) is 33.8 Å². The van der Waals surface area contributed by atoms with Crippen molar-refractivity contribution in [2.24, 2.45) is 5.41 Å². The summed E-state index contributed by atoms with van der Waals surface area (Å²) in [6.45, 7) is 7.29. The number of ether oxygens (including phenoxy) is 1. The maximum atomic E-state index is 13.3. The fourth-order valence-corrected chi connectivity index (χ4v) is 3.70. The van der Waals surface area contributed by atoms with Crippen molar-refractivity contribution in [2.75, 3.05) is 0 Å². The maximum absolute atomic E-state index is 13.3. The molecule has 1 atom stereocenters. The Morgan fingerprint density at radius 2 is 1.85 bits per heavy atom. The van der Waals surface area contributed by atoms with Crippen molar-refractivity contribution < 1.29 is 24.2 Å². The Balaban J connectivity index is 2.35. The van der Waals surface area contributed by atoms with E-state index in [0.717, 1.165) is 0 Å². The molecule has 0 spiro atoms. The van der Waals surface area contributed by atoms with Gasteiger partial charge in [-0.1, -0.05) is 13.8 Å². The first-order valence-corrected chi connectivity index (χ1v) is 8.15. The van der Waals surface area contributed by atoms with Crippen LogP contribution in [0.5, 0.6) is 11.5 Å². The number of nitrogens with one attached hydrogen (secondary N) is 1. The highest BCUT2D eigenvalue weighted by molar-refractivity contribution is 6.26. The molecule has 1 aliphatic carbocycles. The molecular weight excluding hydrogens is 338 g/mol. The molecule has 26 heavy (non-hydrogen) atoms. The molecule has 0 fully saturated rings. The van der Waals surface area contributed by atoms with E-state index in [0.29, 0.717) is 22.5 Å². The van der Waals surface area contributed by atoms with Gasteiger partial charge in [0, 0.05) is 16.4 Å². The molecule has 0 saturated heterocycles. The zero-order valence-corrected chi connectivity index (χ0v) is 14.7. The fourth-order valence-electron chi connectivity index (χ4n) is 3.70. The molecule has 1 aromatic carbocycles. The third kappa shape index (κ3) is 1.75. The van der Waals surface area contributed by atoms with E-state index in [2.05, 4.69) is 0 Å². The van der Waals surface area contributed by atoms with Crippen LogP contribution in [0.25, 0.3) is 16.7 Å². The molecule has 3 N–H and O–H groups in total. The highest BCUT2D eigenvalue weighted by atomic mass is 16.5. The zero-order chi connectivity index (χ0) is 19.1. The van der Waals surface area contributed by atoms with Crippen molar-refractivity contribution in [3.05, 3.63) is 44.1 Å². The van der Waals surface area contributed by atoms with Crippen molar-refractivity contribution in [1.29, 1.82) is 5.41 Å². The minimum atomic E-state index is -1.15. The molecular formula is C19H17NO6. The fraction of sp³-hybridized carbons (Fsp3) is 0.316. The Hall–Kier alpha value is -3.09. The number of benzene rings is 1. The van der Waals surface area contributed by atoms with Crippen LogP contribution in [0.3, 0.4) is 0 Å². The van der Waals surface area contributed by atoms with Gasteiger partial charge in [0.25, 0.3) is 0 Å². The number of hydrogen-bond acceptors (Lipinski definition) is 7. The summed E-state index contributed by atoms with van der Waals surface area (Å²) < 4.78 is 11.1. The Labute approximate surface area is 147 Å². The standard InChI is InChI=1S/C19H17NO6/c1-6-5-8(21)16-10-9(6)17-12(19(3,4)7(2)25-17)14(22)11(10)15(23)13(20)18(24)26-16/h5,7,20-21,23H,1-4H3/t7-/m0/s1. The van der Waals surface area contributed by atoms with Gasteiger partial charge in [-0.15, -0.1) is 0 Å². The van der Waals surface area contributed by atoms with E-state index in [1.165, 1.54) is 6.07 Å². The van der Waals surface area contributed by atoms with Crippen LogP contribution in [-0.4, -0.2) is 22.1 Å². The molecule has 2 aliphatic rings. The monoisotopic (exact) mass is 355 g/mol. The lowest BCUT2D eigenvalue weighted by Gasteiger charge is -2.25. The van der Waals surface area contributed by atoms with Gasteiger partial charge >= 0.3 is 5.63 Å². The van der Waals surface area contributed by atoms with Crippen molar-refractivity contribution >= 4 is 22.5 Å². The molecule has 7 nitrogen and oxygen atoms in total. The first-order valence-electron chi connectivity index (χ1n) is 8.15. The summed E-state index contributed by atoms with van der Waals surface area (Å²) in [5.74, 6) is -1.28. The predicted octanol–water partition coefficient (Wildman–Crippen LogP) is 2.34. The molecule has 7 heteroatoms. The molecule has 0 radical (unpaired) electrons. The van der Waals surface area contributed by atoms with Gasteiger partial charge in [0.05, 0.1) is 11.1 Å². The van der Waals surface area contributed by atoms with E-state index in [4.69, 9.17) is 14.6 Å². The van der Waals surface area contributed by atoms with Gasteiger partial charge in [-0.3, -0.25) is 10.2 Å². The van der Waals surface area contributed by atoms with Crippen molar-refractivity contribution in [3.63, 3.8) is 0 Å². The van der Waals surface area contributed by atoms with Crippen LogP contribution in [-0.2, 0) is 4.74 Å². The van der Waals surface area contributed by atoms with E-state index in [1.54, 1.807) is 6.92 Å². The third-order valence-electron chi connectivity index (χ3n) is 5.44. The molecule has 0 saturated carbocycles. The van der Waals surface area contributed by atoms with Gasteiger partial charge in [0.15, 0.2) is 28.2 Å². The van der Waals surface area contributed by atoms with Gasteiger partial charge in [-0.25, -0.2) is 4.79 Å². The number of ketones is 1. The lowest BCUT2D eigenvalue weighted by Crippen LogP contribution is -2.29. The second-order valence-electron chi connectivity index (χ2n) is 7.29. The van der Waals surface area contributed by atoms with Gasteiger partial charge in [0.1, 0.15) is 11.9 Å². The summed E-state index contributed by atoms with van der Waals surface area (Å²) >= 11 is 0. The van der Waals surface area contributed by atoms with Crippen LogP contribution >= 0.6 is 0 Å². The molecule has 2 heterocycles. The number of phenols is 1. The van der Waals surface area contributed by atoms with Gasteiger partial charge in [-0.2, -0.15) is 0 Å². The smallest absolute Gasteiger partial charge is 0.365 e. The lowest BCUT2D eigenvalue weighted by atomic mass is 9.74. The molecule has 0 unspecified atom stereocenters. The Morgan fingerprint density at radius 3 is 2.50 bits per heavy atom. The number of aromatic hydroxyl groups is 2. The van der Waals surface area contributed by atoms with Crippen molar-refractivity contribution in [3.8, 4) is 11.5 Å². The number of carbonyl (C=O) groups excluding carboxylic acids is 1. The lowest BCUT2D eigenvalue weighted by molar-refractivity contribution is 0.0961. The van der Waals surface area contributed by atoms with Gasteiger partial charge in [0.2, 0.25) is 0 Å². The summed E-state index contributed by atoms with van der Waals surface area (Å²) in [5, 5.41) is 27.8. The summed E-state index contributed by atoms with van der Waals surface area (Å²) in [6.07, 6.45) is -0.299. The van der Waals surface area contributed by atoms with E-state index in [-0.39, 0.29) is 28.4 Å². The average molecular weight is 355 g/mol. The van der Waals surface area contributed by atoms with Crippen LogP contribution in [0.2, 0.25) is 0 Å². The number of aryl methyl sites for hydroxylation is 1. The van der Waals surface area contributed by atoms with E-state index >= 15 is 0 Å². The first-order chi connectivity index (χ1) is 12.1. The summed E-state index contributed by atoms with van der Waals surface area (Å²) in [4.78, 5) is 25.3. The van der Waals surface area contributed by atoms with Crippen LogP contribution in [0.4, 0.5) is 0 Å². The molecule has 134 valence electrons. The minimum Gasteiger partial charge on any atom is -0.505 e. The van der Waals surface area contributed by atoms with Crippen LogP contribution < -0.4 is 11.0 Å². The number of carbonyl (C=O) groups is 1. The topological polar surface area (TPSA) is 121 Å². The summed E-state index contributed by atoms with van der Waals surface area (Å²) in [6, 6.07) is 1.41. The summed E-state index contributed by atoms with van der Waals surface area (Å²) in [7, 11) is 0. The Morgan fingerprint density at radius 1 is 1.19 bits per heavy atom. The number of Topliss-reactive ketones (excluding diaryl/α,β-unsaturated/α-hetero) is 1. The molecule has 1 aliphatic heterocycles. The van der Waals surface area contributed by atoms with Gasteiger partial charge < -0.3 is 19.4 Å². The highest BCUT2D eigenvalue weighted by Crippen LogP contribution is 2.53. The molecule has 0 bridgehead atoms. The second-order valence-corrected chi connectivity index (χ2v) is 7.29. The SMILES string of the molecule is Cc1cc(O)c2oc(=O)c(=N)c(O)c3c2c1C1=C(C3=O)C(C)(C)[C@H](C)O1. The average Bonchev–Trinajstić information content (AvgIpc) is 2.73. The van der Waals surface area contributed by atoms with Crippen LogP contribution in [0.15, 0.2) is 20.9 Å². The third-order valence-corrected chi connectivity index (χ3v) is 5.44.